The summed E-state index contributed by atoms with van der Waals surface area (Å²) in [5, 5.41) is 17.3. The van der Waals surface area contributed by atoms with Crippen LogP contribution in [-0.2, 0) is 0 Å². The van der Waals surface area contributed by atoms with Gasteiger partial charge in [0.25, 0.3) is 5.56 Å². The van der Waals surface area contributed by atoms with E-state index in [1.54, 1.807) is 13.2 Å². The second kappa shape index (κ2) is 6.53. The fraction of sp³-hybridized carbons (Fsp3) is 0.211. The lowest BCUT2D eigenvalue weighted by atomic mass is 10.0. The average Bonchev–Trinajstić information content (AvgIpc) is 3.48. The maximum atomic E-state index is 12.0. The molecule has 2 aromatic heterocycles. The van der Waals surface area contributed by atoms with Crippen LogP contribution in [0.2, 0.25) is 0 Å². The van der Waals surface area contributed by atoms with Gasteiger partial charge in [-0.25, -0.2) is 4.79 Å². The largest absolute Gasteiger partial charge is 0.497 e. The summed E-state index contributed by atoms with van der Waals surface area (Å²) < 4.78 is 5.18. The van der Waals surface area contributed by atoms with Crippen molar-refractivity contribution in [2.24, 2.45) is 0 Å². The van der Waals surface area contributed by atoms with E-state index in [9.17, 15) is 14.9 Å². The summed E-state index contributed by atoms with van der Waals surface area (Å²) in [6.45, 7) is 0. The van der Waals surface area contributed by atoms with E-state index in [1.165, 1.54) is 6.20 Å². The molecule has 2 atom stereocenters. The molecule has 0 bridgehead atoms. The van der Waals surface area contributed by atoms with Crippen molar-refractivity contribution in [2.45, 2.75) is 18.3 Å². The molecule has 4 rings (SSSR count). The normalized spacial score (nSPS) is 17.9. The van der Waals surface area contributed by atoms with Crippen molar-refractivity contribution in [3.63, 3.8) is 0 Å². The fourth-order valence-corrected chi connectivity index (χ4v) is 3.27. The fourth-order valence-electron chi connectivity index (χ4n) is 3.27. The molecule has 8 heteroatoms. The maximum absolute atomic E-state index is 12.0. The van der Waals surface area contributed by atoms with Gasteiger partial charge in [-0.3, -0.25) is 9.78 Å². The zero-order chi connectivity index (χ0) is 19.0. The van der Waals surface area contributed by atoms with E-state index < -0.39 is 11.2 Å². The number of aromatic nitrogens is 4. The van der Waals surface area contributed by atoms with Crippen LogP contribution in [0.1, 0.15) is 35.1 Å². The summed E-state index contributed by atoms with van der Waals surface area (Å²) in [4.78, 5) is 27.8. The van der Waals surface area contributed by atoms with Gasteiger partial charge >= 0.3 is 5.69 Å². The number of hydrogen-bond acceptors (Lipinski definition) is 6. The number of benzene rings is 1. The molecule has 8 nitrogen and oxygen atoms in total. The topological polar surface area (TPSA) is 125 Å². The van der Waals surface area contributed by atoms with Crippen molar-refractivity contribution in [1.82, 2.24) is 20.2 Å². The summed E-state index contributed by atoms with van der Waals surface area (Å²) in [6.07, 6.45) is 2.18. The van der Waals surface area contributed by atoms with E-state index in [4.69, 9.17) is 4.74 Å². The van der Waals surface area contributed by atoms with E-state index in [-0.39, 0.29) is 23.1 Å². The molecule has 1 aromatic carbocycles. The molecule has 1 aliphatic rings. The Labute approximate surface area is 153 Å². The molecule has 2 heterocycles. The quantitative estimate of drug-likeness (QED) is 0.728. The Morgan fingerprint density at radius 3 is 2.63 bits per heavy atom. The molecule has 0 spiro atoms. The van der Waals surface area contributed by atoms with Gasteiger partial charge in [-0.05, 0) is 47.6 Å². The van der Waals surface area contributed by atoms with Crippen LogP contribution in [0.5, 0.6) is 5.75 Å². The minimum Gasteiger partial charge on any atom is -0.497 e. The number of ether oxygens (including phenoxy) is 1. The second-order valence-electron chi connectivity index (χ2n) is 6.35. The van der Waals surface area contributed by atoms with Gasteiger partial charge in [0.2, 0.25) is 0 Å². The summed E-state index contributed by atoms with van der Waals surface area (Å²) in [7, 11) is 1.62. The first kappa shape index (κ1) is 16.7. The van der Waals surface area contributed by atoms with Crippen LogP contribution in [0.4, 0.5) is 0 Å². The van der Waals surface area contributed by atoms with Crippen LogP contribution in [-0.4, -0.2) is 27.3 Å². The summed E-state index contributed by atoms with van der Waals surface area (Å²) in [5.41, 5.74) is 1.55. The first-order valence-electron chi connectivity index (χ1n) is 8.34. The van der Waals surface area contributed by atoms with Crippen molar-refractivity contribution in [3.05, 3.63) is 74.2 Å². The highest BCUT2D eigenvalue weighted by Gasteiger charge is 2.41. The highest BCUT2D eigenvalue weighted by molar-refractivity contribution is 5.59. The Morgan fingerprint density at radius 1 is 1.19 bits per heavy atom. The first-order valence-corrected chi connectivity index (χ1v) is 8.34. The molecule has 0 radical (unpaired) electrons. The monoisotopic (exact) mass is 361 g/mol. The summed E-state index contributed by atoms with van der Waals surface area (Å²) >= 11 is 0. The van der Waals surface area contributed by atoms with E-state index in [2.05, 4.69) is 26.2 Å². The molecule has 1 fully saturated rings. The van der Waals surface area contributed by atoms with E-state index in [0.717, 1.165) is 23.3 Å². The van der Waals surface area contributed by atoms with Gasteiger partial charge in [0.05, 0.1) is 12.7 Å². The SMILES string of the molecule is COc1ccc([C@H]2C[C@@H]2c2cc(-c3c[nH]c(=O)[nH]c3=O)nnc2C#N)cc1. The van der Waals surface area contributed by atoms with Crippen molar-refractivity contribution in [3.8, 4) is 23.1 Å². The lowest BCUT2D eigenvalue weighted by Crippen LogP contribution is -2.23. The first-order chi connectivity index (χ1) is 13.1. The van der Waals surface area contributed by atoms with Gasteiger partial charge in [-0.15, -0.1) is 10.2 Å². The summed E-state index contributed by atoms with van der Waals surface area (Å²) in [5.74, 6) is 1.19. The Kier molecular flexibility index (Phi) is 4.05. The van der Waals surface area contributed by atoms with Crippen molar-refractivity contribution >= 4 is 0 Å². The van der Waals surface area contributed by atoms with Gasteiger partial charge in [0, 0.05) is 6.20 Å². The second-order valence-corrected chi connectivity index (χ2v) is 6.35. The average molecular weight is 361 g/mol. The van der Waals surface area contributed by atoms with Crippen LogP contribution in [0.25, 0.3) is 11.3 Å². The molecule has 0 saturated heterocycles. The van der Waals surface area contributed by atoms with Gasteiger partial charge in [0.15, 0.2) is 5.69 Å². The molecule has 0 unspecified atom stereocenters. The molecular formula is C19H15N5O3. The van der Waals surface area contributed by atoms with Crippen molar-refractivity contribution in [2.75, 3.05) is 7.11 Å². The van der Waals surface area contributed by atoms with Crippen LogP contribution in [0.15, 0.2) is 46.1 Å². The van der Waals surface area contributed by atoms with Crippen LogP contribution in [0.3, 0.4) is 0 Å². The number of methoxy groups -OCH3 is 1. The number of nitrogens with zero attached hydrogens (tertiary/aromatic N) is 3. The Morgan fingerprint density at radius 2 is 1.96 bits per heavy atom. The number of H-pyrrole nitrogens is 2. The maximum Gasteiger partial charge on any atom is 0.325 e. The predicted molar refractivity (Wildman–Crippen MR) is 96.5 cm³/mol. The molecular weight excluding hydrogens is 346 g/mol. The smallest absolute Gasteiger partial charge is 0.325 e. The number of nitriles is 1. The molecule has 3 aromatic rings. The third-order valence-electron chi connectivity index (χ3n) is 4.76. The minimum atomic E-state index is -0.590. The number of nitrogens with one attached hydrogen (secondary N) is 2. The molecule has 134 valence electrons. The zero-order valence-electron chi connectivity index (χ0n) is 14.4. The van der Waals surface area contributed by atoms with E-state index >= 15 is 0 Å². The highest BCUT2D eigenvalue weighted by Crippen LogP contribution is 2.55. The predicted octanol–water partition coefficient (Wildman–Crippen LogP) is 1.67. The zero-order valence-corrected chi connectivity index (χ0v) is 14.4. The third kappa shape index (κ3) is 3.11. The van der Waals surface area contributed by atoms with Gasteiger partial charge < -0.3 is 9.72 Å². The highest BCUT2D eigenvalue weighted by atomic mass is 16.5. The minimum absolute atomic E-state index is 0.129. The van der Waals surface area contributed by atoms with Crippen molar-refractivity contribution < 1.29 is 4.74 Å². The molecule has 0 aliphatic heterocycles. The van der Waals surface area contributed by atoms with Crippen LogP contribution >= 0.6 is 0 Å². The lowest BCUT2D eigenvalue weighted by Gasteiger charge is -2.06. The van der Waals surface area contributed by atoms with Gasteiger partial charge in [-0.1, -0.05) is 12.1 Å². The van der Waals surface area contributed by atoms with Crippen LogP contribution < -0.4 is 16.0 Å². The molecule has 1 aliphatic carbocycles. The standard InChI is InChI=1S/C19H15N5O3/c1-27-11-4-2-10(3-5-11)12-6-13(12)14-7-16(23-24-17(14)8-20)15-9-21-19(26)22-18(15)25/h2-5,7,9,12-13H,6H2,1H3,(H2,21,22,25,26)/t12-,13+/m1/s1. The summed E-state index contributed by atoms with van der Waals surface area (Å²) in [6, 6.07) is 11.6. The van der Waals surface area contributed by atoms with Crippen molar-refractivity contribution in [1.29, 1.82) is 5.26 Å². The molecule has 0 amide bonds. The van der Waals surface area contributed by atoms with E-state index in [0.29, 0.717) is 5.69 Å². The number of rotatable bonds is 4. The lowest BCUT2D eigenvalue weighted by molar-refractivity contribution is 0.414. The molecule has 1 saturated carbocycles. The van der Waals surface area contributed by atoms with Crippen LogP contribution in [0, 0.1) is 11.3 Å². The number of aromatic amines is 2. The molecule has 2 N–H and O–H groups in total. The van der Waals surface area contributed by atoms with Gasteiger partial charge in [0.1, 0.15) is 17.5 Å². The Bertz CT molecular complexity index is 1160. The molecule has 27 heavy (non-hydrogen) atoms. The van der Waals surface area contributed by atoms with E-state index in [1.807, 2.05) is 24.3 Å². The number of hydrogen-bond donors (Lipinski definition) is 2. The Hall–Kier alpha value is -3.73. The van der Waals surface area contributed by atoms with Gasteiger partial charge in [-0.2, -0.15) is 5.26 Å². The third-order valence-corrected chi connectivity index (χ3v) is 4.76. The Balaban J connectivity index is 1.69.